The molecule has 13 heteroatoms. The lowest BCUT2D eigenvalue weighted by molar-refractivity contribution is -0.0284. The number of nitrogens with zero attached hydrogens (tertiary/aromatic N) is 1. The lowest BCUT2D eigenvalue weighted by atomic mass is 10.2. The van der Waals surface area contributed by atoms with Crippen molar-refractivity contribution in [2.45, 2.75) is 32.6 Å². The SMILES string of the molecule is CCCCCCOCCOCCOCCOCCOCCOCCOCCOCCOCCOCCOCCOCCN(C)C. The maximum absolute atomic E-state index is 5.53. The van der Waals surface area contributed by atoms with E-state index in [9.17, 15) is 0 Å². The lowest BCUT2D eigenvalue weighted by Crippen LogP contribution is -2.19. The predicted molar refractivity (Wildman–Crippen MR) is 173 cm³/mol. The van der Waals surface area contributed by atoms with Crippen LogP contribution in [0, 0.1) is 0 Å². The first kappa shape index (κ1) is 44.5. The van der Waals surface area contributed by atoms with Crippen molar-refractivity contribution in [3.8, 4) is 0 Å². The standard InChI is InChI=1S/C32H67NO12/c1-4-5-6-7-9-34-11-13-36-15-17-38-19-21-40-23-25-42-27-29-44-31-32-45-30-28-43-26-24-41-22-20-39-18-16-37-14-12-35-10-8-33(2)3/h4-32H2,1-3H3. The molecule has 0 aromatic carbocycles. The monoisotopic (exact) mass is 657 g/mol. The van der Waals surface area contributed by atoms with Crippen LogP contribution >= 0.6 is 0 Å². The molecule has 0 rings (SSSR count). The van der Waals surface area contributed by atoms with Crippen LogP contribution in [0.5, 0.6) is 0 Å². The smallest absolute Gasteiger partial charge is 0.0701 e. The highest BCUT2D eigenvalue weighted by Crippen LogP contribution is 1.98. The van der Waals surface area contributed by atoms with E-state index in [1.54, 1.807) is 0 Å². The molecular formula is C32H67NO12. The lowest BCUT2D eigenvalue weighted by Gasteiger charge is -2.10. The van der Waals surface area contributed by atoms with Crippen LogP contribution in [0.1, 0.15) is 32.6 Å². The van der Waals surface area contributed by atoms with Gasteiger partial charge in [0.1, 0.15) is 0 Å². The van der Waals surface area contributed by atoms with Crippen LogP contribution < -0.4 is 0 Å². The average molecular weight is 658 g/mol. The molecule has 0 aliphatic rings. The summed E-state index contributed by atoms with van der Waals surface area (Å²) < 4.78 is 65.8. The van der Waals surface area contributed by atoms with Gasteiger partial charge in [0.25, 0.3) is 0 Å². The summed E-state index contributed by atoms with van der Waals surface area (Å²) in [4.78, 5) is 2.08. The maximum Gasteiger partial charge on any atom is 0.0701 e. The third-order valence-electron chi connectivity index (χ3n) is 5.92. The van der Waals surface area contributed by atoms with Crippen molar-refractivity contribution in [3.05, 3.63) is 0 Å². The highest BCUT2D eigenvalue weighted by Gasteiger charge is 1.97. The van der Waals surface area contributed by atoms with Gasteiger partial charge in [0.05, 0.1) is 152 Å². The predicted octanol–water partition coefficient (Wildman–Crippen LogP) is 2.33. The Morgan fingerprint density at radius 3 is 0.711 bits per heavy atom. The van der Waals surface area contributed by atoms with Gasteiger partial charge in [0.15, 0.2) is 0 Å². The van der Waals surface area contributed by atoms with E-state index in [1.165, 1.54) is 19.3 Å². The van der Waals surface area contributed by atoms with Crippen LogP contribution in [-0.4, -0.2) is 184 Å². The normalized spacial score (nSPS) is 11.7. The van der Waals surface area contributed by atoms with Crippen molar-refractivity contribution in [1.82, 2.24) is 4.90 Å². The van der Waals surface area contributed by atoms with Gasteiger partial charge in [-0.1, -0.05) is 26.2 Å². The fraction of sp³-hybridized carbons (Fsp3) is 1.00. The summed E-state index contributed by atoms with van der Waals surface area (Å²) in [5.41, 5.74) is 0. The molecule has 0 unspecified atom stereocenters. The van der Waals surface area contributed by atoms with Gasteiger partial charge in [0.2, 0.25) is 0 Å². The highest BCUT2D eigenvalue weighted by molar-refractivity contribution is 4.42. The quantitative estimate of drug-likeness (QED) is 0.0898. The topological polar surface area (TPSA) is 114 Å². The summed E-state index contributed by atoms with van der Waals surface area (Å²) in [6.45, 7) is 16.7. The summed E-state index contributed by atoms with van der Waals surface area (Å²) in [6, 6.07) is 0. The first-order chi connectivity index (χ1) is 22.3. The third-order valence-corrected chi connectivity index (χ3v) is 5.92. The minimum absolute atomic E-state index is 0.519. The van der Waals surface area contributed by atoms with E-state index in [-0.39, 0.29) is 0 Å². The molecule has 0 radical (unpaired) electrons. The van der Waals surface area contributed by atoms with E-state index < -0.39 is 0 Å². The number of rotatable bonds is 41. The highest BCUT2D eigenvalue weighted by atomic mass is 16.6. The van der Waals surface area contributed by atoms with Crippen LogP contribution in [0.4, 0.5) is 0 Å². The summed E-state index contributed by atoms with van der Waals surface area (Å²) in [7, 11) is 4.04. The van der Waals surface area contributed by atoms with Gasteiger partial charge in [-0.15, -0.1) is 0 Å². The largest absolute Gasteiger partial charge is 0.379 e. The number of hydrogen-bond donors (Lipinski definition) is 0. The van der Waals surface area contributed by atoms with Crippen molar-refractivity contribution in [2.75, 3.05) is 179 Å². The van der Waals surface area contributed by atoms with Gasteiger partial charge in [-0.2, -0.15) is 0 Å². The van der Waals surface area contributed by atoms with E-state index in [4.69, 9.17) is 56.8 Å². The van der Waals surface area contributed by atoms with E-state index in [0.29, 0.717) is 145 Å². The first-order valence-electron chi connectivity index (χ1n) is 16.8. The molecular weight excluding hydrogens is 590 g/mol. The minimum atomic E-state index is 0.519. The number of ether oxygens (including phenoxy) is 12. The summed E-state index contributed by atoms with van der Waals surface area (Å²) >= 11 is 0. The molecule has 13 nitrogen and oxygen atoms in total. The molecule has 0 atom stereocenters. The number of likely N-dealkylation sites (N-methyl/N-ethyl adjacent to an activating group) is 1. The van der Waals surface area contributed by atoms with Crippen molar-refractivity contribution >= 4 is 0 Å². The average Bonchev–Trinajstić information content (AvgIpc) is 3.03. The van der Waals surface area contributed by atoms with Crippen molar-refractivity contribution < 1.29 is 56.8 Å². The Morgan fingerprint density at radius 2 is 0.489 bits per heavy atom. The second-order valence-electron chi connectivity index (χ2n) is 10.2. The van der Waals surface area contributed by atoms with E-state index >= 15 is 0 Å². The molecule has 0 saturated carbocycles. The Hall–Kier alpha value is -0.520. The van der Waals surface area contributed by atoms with Crippen LogP contribution in [0.15, 0.2) is 0 Å². The minimum Gasteiger partial charge on any atom is -0.379 e. The second kappa shape index (κ2) is 41.5. The molecule has 0 heterocycles. The Balaban J connectivity index is 3.04. The van der Waals surface area contributed by atoms with Gasteiger partial charge in [0, 0.05) is 13.2 Å². The molecule has 0 aliphatic carbocycles. The number of unbranched alkanes of at least 4 members (excludes halogenated alkanes) is 3. The molecule has 272 valence electrons. The van der Waals surface area contributed by atoms with Crippen LogP contribution in [0.3, 0.4) is 0 Å². The molecule has 0 aliphatic heterocycles. The molecule has 45 heavy (non-hydrogen) atoms. The van der Waals surface area contributed by atoms with Gasteiger partial charge >= 0.3 is 0 Å². The number of hydrogen-bond acceptors (Lipinski definition) is 13. The zero-order valence-corrected chi connectivity index (χ0v) is 28.9. The Morgan fingerprint density at radius 1 is 0.267 bits per heavy atom. The Bertz CT molecular complexity index is 523. The van der Waals surface area contributed by atoms with Crippen molar-refractivity contribution in [3.63, 3.8) is 0 Å². The molecule has 0 N–H and O–H groups in total. The molecule has 0 saturated heterocycles. The van der Waals surface area contributed by atoms with Gasteiger partial charge in [-0.05, 0) is 20.5 Å². The zero-order valence-electron chi connectivity index (χ0n) is 28.9. The summed E-state index contributed by atoms with van der Waals surface area (Å²) in [6.07, 6.45) is 4.90. The zero-order chi connectivity index (χ0) is 32.6. The van der Waals surface area contributed by atoms with E-state index in [2.05, 4.69) is 11.8 Å². The van der Waals surface area contributed by atoms with Gasteiger partial charge in [-0.3, -0.25) is 0 Å². The fourth-order valence-electron chi connectivity index (χ4n) is 3.40. The van der Waals surface area contributed by atoms with Crippen LogP contribution in [-0.2, 0) is 56.8 Å². The third kappa shape index (κ3) is 43.5. The van der Waals surface area contributed by atoms with Crippen LogP contribution in [0.25, 0.3) is 0 Å². The van der Waals surface area contributed by atoms with Crippen molar-refractivity contribution in [2.24, 2.45) is 0 Å². The van der Waals surface area contributed by atoms with Gasteiger partial charge < -0.3 is 61.7 Å². The molecule has 0 aromatic rings. The maximum atomic E-state index is 5.53. The Labute approximate surface area is 273 Å². The molecule has 0 amide bonds. The molecule has 0 fully saturated rings. The van der Waals surface area contributed by atoms with Gasteiger partial charge in [-0.25, -0.2) is 0 Å². The summed E-state index contributed by atoms with van der Waals surface area (Å²) in [5, 5.41) is 0. The van der Waals surface area contributed by atoms with E-state index in [1.807, 2.05) is 14.1 Å². The van der Waals surface area contributed by atoms with Crippen molar-refractivity contribution in [1.29, 1.82) is 0 Å². The first-order valence-corrected chi connectivity index (χ1v) is 16.8. The molecule has 0 bridgehead atoms. The molecule has 0 spiro atoms. The van der Waals surface area contributed by atoms with E-state index in [0.717, 1.165) is 26.2 Å². The van der Waals surface area contributed by atoms with Crippen LogP contribution in [0.2, 0.25) is 0 Å². The second-order valence-corrected chi connectivity index (χ2v) is 10.2. The fourth-order valence-corrected chi connectivity index (χ4v) is 3.40. The molecule has 0 aromatic heterocycles. The summed E-state index contributed by atoms with van der Waals surface area (Å²) in [5.74, 6) is 0. The Kier molecular flexibility index (Phi) is 41.0.